The maximum Gasteiger partial charge on any atom is 0.274 e. The lowest BCUT2D eigenvalue weighted by Gasteiger charge is -2.14. The summed E-state index contributed by atoms with van der Waals surface area (Å²) in [6, 6.07) is 13.5. The number of rotatable bonds is 6. The van der Waals surface area contributed by atoms with E-state index in [9.17, 15) is 4.79 Å². The number of aromatic nitrogens is 2. The number of nitrogens with one attached hydrogen (secondary N) is 2. The van der Waals surface area contributed by atoms with Crippen LogP contribution in [0.2, 0.25) is 0 Å². The van der Waals surface area contributed by atoms with Gasteiger partial charge in [0.15, 0.2) is 0 Å². The summed E-state index contributed by atoms with van der Waals surface area (Å²) in [6.45, 7) is 8.31. The van der Waals surface area contributed by atoms with E-state index in [0.717, 1.165) is 28.1 Å². The molecular formula is C23H26N4O2. The second-order valence-corrected chi connectivity index (χ2v) is 7.08. The van der Waals surface area contributed by atoms with Crippen molar-refractivity contribution in [2.45, 2.75) is 34.2 Å². The fourth-order valence-electron chi connectivity index (χ4n) is 3.36. The number of carbonyl (C=O) groups is 1. The third kappa shape index (κ3) is 4.90. The first-order chi connectivity index (χ1) is 13.9. The van der Waals surface area contributed by atoms with Gasteiger partial charge in [0.2, 0.25) is 0 Å². The largest absolute Gasteiger partial charge is 0.496 e. The molecule has 0 bridgehead atoms. The Bertz CT molecular complexity index is 1020. The van der Waals surface area contributed by atoms with Gasteiger partial charge in [0.1, 0.15) is 23.1 Å². The third-order valence-electron chi connectivity index (χ3n) is 4.64. The van der Waals surface area contributed by atoms with Crippen molar-refractivity contribution in [1.82, 2.24) is 9.97 Å². The summed E-state index contributed by atoms with van der Waals surface area (Å²) in [5.74, 6) is 1.66. The summed E-state index contributed by atoms with van der Waals surface area (Å²) in [5.41, 5.74) is 5.36. The van der Waals surface area contributed by atoms with E-state index < -0.39 is 0 Å². The van der Waals surface area contributed by atoms with Crippen LogP contribution in [-0.2, 0) is 6.54 Å². The quantitative estimate of drug-likeness (QED) is 0.644. The van der Waals surface area contributed by atoms with Crippen LogP contribution in [-0.4, -0.2) is 23.0 Å². The predicted octanol–water partition coefficient (Wildman–Crippen LogP) is 4.58. The van der Waals surface area contributed by atoms with Crippen molar-refractivity contribution in [2.24, 2.45) is 0 Å². The first kappa shape index (κ1) is 20.3. The molecule has 3 rings (SSSR count). The van der Waals surface area contributed by atoms with Crippen LogP contribution in [0.3, 0.4) is 0 Å². The number of carbonyl (C=O) groups excluding carboxylic acids is 1. The molecule has 3 aromatic rings. The fourth-order valence-corrected chi connectivity index (χ4v) is 3.36. The summed E-state index contributed by atoms with van der Waals surface area (Å²) >= 11 is 0. The average molecular weight is 390 g/mol. The molecule has 0 fully saturated rings. The SMILES string of the molecule is COc1ccccc1CNc1cc(C(=O)Nc2c(C)cc(C)cc2C)nc(C)n1. The van der Waals surface area contributed by atoms with Crippen LogP contribution in [0, 0.1) is 27.7 Å². The summed E-state index contributed by atoms with van der Waals surface area (Å²) in [4.78, 5) is 21.5. The van der Waals surface area contributed by atoms with E-state index in [1.165, 1.54) is 5.56 Å². The number of anilines is 2. The molecule has 6 heteroatoms. The van der Waals surface area contributed by atoms with E-state index in [0.29, 0.717) is 23.9 Å². The zero-order valence-electron chi connectivity index (χ0n) is 17.5. The summed E-state index contributed by atoms with van der Waals surface area (Å²) in [5, 5.41) is 6.25. The summed E-state index contributed by atoms with van der Waals surface area (Å²) < 4.78 is 5.38. The van der Waals surface area contributed by atoms with Crippen molar-refractivity contribution in [3.05, 3.63) is 76.2 Å². The minimum atomic E-state index is -0.258. The Hall–Kier alpha value is -3.41. The third-order valence-corrected chi connectivity index (χ3v) is 4.64. The number of hydrogen-bond donors (Lipinski definition) is 2. The van der Waals surface area contributed by atoms with Gasteiger partial charge < -0.3 is 15.4 Å². The van der Waals surface area contributed by atoms with Gasteiger partial charge in [0.05, 0.1) is 7.11 Å². The Balaban J connectivity index is 1.79. The van der Waals surface area contributed by atoms with Gasteiger partial charge in [-0.1, -0.05) is 35.9 Å². The lowest BCUT2D eigenvalue weighted by Crippen LogP contribution is -2.17. The van der Waals surface area contributed by atoms with Crippen LogP contribution in [0.1, 0.15) is 38.6 Å². The molecule has 2 aromatic carbocycles. The minimum absolute atomic E-state index is 0.258. The molecule has 1 aromatic heterocycles. The molecule has 29 heavy (non-hydrogen) atoms. The molecule has 150 valence electrons. The van der Waals surface area contributed by atoms with Crippen LogP contribution >= 0.6 is 0 Å². The molecular weight excluding hydrogens is 364 g/mol. The topological polar surface area (TPSA) is 76.1 Å². The van der Waals surface area contributed by atoms with Crippen molar-refractivity contribution in [3.63, 3.8) is 0 Å². The van der Waals surface area contributed by atoms with Crippen LogP contribution in [0.15, 0.2) is 42.5 Å². The molecule has 0 aliphatic carbocycles. The Morgan fingerprint density at radius 1 is 1.00 bits per heavy atom. The maximum atomic E-state index is 12.8. The van der Waals surface area contributed by atoms with E-state index in [4.69, 9.17) is 4.74 Å². The lowest BCUT2D eigenvalue weighted by molar-refractivity contribution is 0.102. The smallest absolute Gasteiger partial charge is 0.274 e. The van der Waals surface area contributed by atoms with Crippen molar-refractivity contribution in [1.29, 1.82) is 0 Å². The van der Waals surface area contributed by atoms with E-state index >= 15 is 0 Å². The highest BCUT2D eigenvalue weighted by Gasteiger charge is 2.14. The number of ether oxygens (including phenoxy) is 1. The van der Waals surface area contributed by atoms with Crippen LogP contribution < -0.4 is 15.4 Å². The van der Waals surface area contributed by atoms with Gasteiger partial charge >= 0.3 is 0 Å². The normalized spacial score (nSPS) is 10.5. The molecule has 0 saturated carbocycles. The number of nitrogens with zero attached hydrogens (tertiary/aromatic N) is 2. The Kier molecular flexibility index (Phi) is 6.12. The first-order valence-electron chi connectivity index (χ1n) is 9.48. The van der Waals surface area contributed by atoms with Crippen molar-refractivity contribution < 1.29 is 9.53 Å². The Labute approximate surface area is 171 Å². The Morgan fingerprint density at radius 2 is 1.69 bits per heavy atom. The minimum Gasteiger partial charge on any atom is -0.496 e. The second-order valence-electron chi connectivity index (χ2n) is 7.08. The van der Waals surface area contributed by atoms with E-state index in [1.807, 2.05) is 57.2 Å². The highest BCUT2D eigenvalue weighted by Crippen LogP contribution is 2.23. The van der Waals surface area contributed by atoms with Gasteiger partial charge in [-0.3, -0.25) is 4.79 Å². The van der Waals surface area contributed by atoms with Gasteiger partial charge in [-0.2, -0.15) is 0 Å². The molecule has 1 amide bonds. The van der Waals surface area contributed by atoms with Crippen molar-refractivity contribution in [3.8, 4) is 5.75 Å². The standard InChI is InChI=1S/C23H26N4O2/c1-14-10-15(2)22(16(3)11-14)27-23(28)19-12-21(26-17(4)25-19)24-13-18-8-6-7-9-20(18)29-5/h6-12H,13H2,1-5H3,(H,27,28)(H,24,25,26). The molecule has 2 N–H and O–H groups in total. The number of methoxy groups -OCH3 is 1. The zero-order valence-corrected chi connectivity index (χ0v) is 17.5. The molecule has 0 aliphatic rings. The maximum absolute atomic E-state index is 12.8. The molecule has 0 spiro atoms. The number of benzene rings is 2. The number of amides is 1. The van der Waals surface area contributed by atoms with E-state index in [1.54, 1.807) is 20.1 Å². The number of para-hydroxylation sites is 1. The summed E-state index contributed by atoms with van der Waals surface area (Å²) in [6.07, 6.45) is 0. The number of aryl methyl sites for hydroxylation is 4. The molecule has 6 nitrogen and oxygen atoms in total. The Morgan fingerprint density at radius 3 is 2.38 bits per heavy atom. The highest BCUT2D eigenvalue weighted by molar-refractivity contribution is 6.04. The van der Waals surface area contributed by atoms with Gasteiger partial charge in [0.25, 0.3) is 5.91 Å². The van der Waals surface area contributed by atoms with E-state index in [2.05, 4.69) is 20.6 Å². The van der Waals surface area contributed by atoms with E-state index in [-0.39, 0.29) is 5.91 Å². The number of hydrogen-bond acceptors (Lipinski definition) is 5. The molecule has 0 unspecified atom stereocenters. The van der Waals surface area contributed by atoms with Crippen molar-refractivity contribution in [2.75, 3.05) is 17.7 Å². The first-order valence-corrected chi connectivity index (χ1v) is 9.48. The zero-order chi connectivity index (χ0) is 21.0. The monoisotopic (exact) mass is 390 g/mol. The van der Waals surface area contributed by atoms with Crippen LogP contribution in [0.25, 0.3) is 0 Å². The fraction of sp³-hybridized carbons (Fsp3) is 0.261. The molecule has 0 radical (unpaired) electrons. The van der Waals surface area contributed by atoms with Crippen LogP contribution in [0.5, 0.6) is 5.75 Å². The van der Waals surface area contributed by atoms with Crippen molar-refractivity contribution >= 4 is 17.4 Å². The average Bonchev–Trinajstić information content (AvgIpc) is 2.68. The molecule has 0 saturated heterocycles. The van der Waals surface area contributed by atoms with Gasteiger partial charge in [-0.15, -0.1) is 0 Å². The molecule has 0 aliphatic heterocycles. The van der Waals surface area contributed by atoms with Gasteiger partial charge in [0, 0.05) is 23.9 Å². The van der Waals surface area contributed by atoms with Gasteiger partial charge in [-0.25, -0.2) is 9.97 Å². The molecule has 0 atom stereocenters. The lowest BCUT2D eigenvalue weighted by atomic mass is 10.0. The summed E-state index contributed by atoms with van der Waals surface area (Å²) in [7, 11) is 1.64. The second kappa shape index (κ2) is 8.73. The predicted molar refractivity (Wildman–Crippen MR) is 116 cm³/mol. The highest BCUT2D eigenvalue weighted by atomic mass is 16.5. The van der Waals surface area contributed by atoms with Gasteiger partial charge in [-0.05, 0) is 44.9 Å². The van der Waals surface area contributed by atoms with Crippen LogP contribution in [0.4, 0.5) is 11.5 Å². The molecule has 1 heterocycles.